The second kappa shape index (κ2) is 9.03. The maximum absolute atomic E-state index is 11.2. The summed E-state index contributed by atoms with van der Waals surface area (Å²) in [6.45, 7) is 12.2. The molecule has 1 atom stereocenters. The highest BCUT2D eigenvalue weighted by Gasteiger charge is 2.10. The second-order valence-electron chi connectivity index (χ2n) is 4.55. The van der Waals surface area contributed by atoms with Crippen molar-refractivity contribution in [1.82, 2.24) is 0 Å². The van der Waals surface area contributed by atoms with Crippen LogP contribution in [0, 0.1) is 5.92 Å². The number of hydrogen-bond donors (Lipinski definition) is 0. The zero-order valence-electron chi connectivity index (χ0n) is 11.7. The van der Waals surface area contributed by atoms with Gasteiger partial charge in [0, 0.05) is 5.57 Å². The molecule has 0 aliphatic heterocycles. The van der Waals surface area contributed by atoms with Crippen LogP contribution in [-0.2, 0) is 9.53 Å². The van der Waals surface area contributed by atoms with E-state index in [9.17, 15) is 4.79 Å². The maximum atomic E-state index is 11.2. The predicted molar refractivity (Wildman–Crippen MR) is 72.8 cm³/mol. The third-order valence-electron chi connectivity index (χ3n) is 2.94. The molecule has 0 bridgehead atoms. The molecule has 0 aromatic rings. The molecule has 0 saturated carbocycles. The Bertz CT molecular complexity index is 277. The zero-order chi connectivity index (χ0) is 13.3. The van der Waals surface area contributed by atoms with Crippen LogP contribution in [0.1, 0.15) is 53.4 Å². The summed E-state index contributed by atoms with van der Waals surface area (Å²) >= 11 is 0. The van der Waals surface area contributed by atoms with E-state index in [1.165, 1.54) is 12.0 Å². The molecule has 0 amide bonds. The molecule has 0 aromatic heterocycles. The first kappa shape index (κ1) is 16.0. The van der Waals surface area contributed by atoms with Gasteiger partial charge in [-0.25, -0.2) is 4.79 Å². The Morgan fingerprint density at radius 3 is 2.47 bits per heavy atom. The average molecular weight is 238 g/mol. The van der Waals surface area contributed by atoms with E-state index in [-0.39, 0.29) is 5.97 Å². The Labute approximate surface area is 106 Å². The van der Waals surface area contributed by atoms with Gasteiger partial charge in [0.25, 0.3) is 0 Å². The van der Waals surface area contributed by atoms with Gasteiger partial charge < -0.3 is 4.74 Å². The summed E-state index contributed by atoms with van der Waals surface area (Å²) in [7, 11) is 0. The second-order valence-corrected chi connectivity index (χ2v) is 4.55. The number of unbranched alkanes of at least 4 members (excludes halogenated alkanes) is 1. The van der Waals surface area contributed by atoms with Gasteiger partial charge in [0.2, 0.25) is 0 Å². The number of allylic oxidation sites excluding steroid dienone is 2. The van der Waals surface area contributed by atoms with Gasteiger partial charge in [0.1, 0.15) is 0 Å². The molecule has 2 heteroatoms. The van der Waals surface area contributed by atoms with E-state index in [0.717, 1.165) is 19.3 Å². The van der Waals surface area contributed by atoms with Crippen LogP contribution in [-0.4, -0.2) is 12.6 Å². The minimum Gasteiger partial charge on any atom is -0.462 e. The first-order chi connectivity index (χ1) is 8.02. The third kappa shape index (κ3) is 6.98. The van der Waals surface area contributed by atoms with Gasteiger partial charge in [-0.05, 0) is 39.0 Å². The summed E-state index contributed by atoms with van der Waals surface area (Å²) < 4.78 is 5.12. The molecular weight excluding hydrogens is 212 g/mol. The largest absolute Gasteiger partial charge is 0.462 e. The van der Waals surface area contributed by atoms with Gasteiger partial charge in [-0.3, -0.25) is 0 Å². The molecule has 98 valence electrons. The monoisotopic (exact) mass is 238 g/mol. The van der Waals surface area contributed by atoms with Crippen LogP contribution in [0.15, 0.2) is 23.8 Å². The van der Waals surface area contributed by atoms with Crippen LogP contribution < -0.4 is 0 Å². The standard InChI is InChI=1S/C15H26O2/c1-6-8-9-13(5)14(7-2)10-11-17-15(16)12(3)4/h9,14H,3,6-8,10-11H2,1-2,4-5H3/b13-9-. The van der Waals surface area contributed by atoms with E-state index in [0.29, 0.717) is 18.1 Å². The van der Waals surface area contributed by atoms with Crippen molar-refractivity contribution in [2.24, 2.45) is 5.92 Å². The maximum Gasteiger partial charge on any atom is 0.333 e. The summed E-state index contributed by atoms with van der Waals surface area (Å²) in [5, 5.41) is 0. The lowest BCUT2D eigenvalue weighted by Crippen LogP contribution is -2.11. The molecule has 0 heterocycles. The van der Waals surface area contributed by atoms with E-state index < -0.39 is 0 Å². The number of carbonyl (C=O) groups excluding carboxylic acids is 1. The molecule has 0 radical (unpaired) electrons. The number of rotatable bonds is 8. The number of carbonyl (C=O) groups is 1. The summed E-state index contributed by atoms with van der Waals surface area (Å²) in [6.07, 6.45) is 6.61. The lowest BCUT2D eigenvalue weighted by Gasteiger charge is -2.16. The summed E-state index contributed by atoms with van der Waals surface area (Å²) in [5.41, 5.74) is 1.89. The van der Waals surface area contributed by atoms with Gasteiger partial charge in [-0.15, -0.1) is 0 Å². The van der Waals surface area contributed by atoms with Crippen LogP contribution in [0.2, 0.25) is 0 Å². The first-order valence-corrected chi connectivity index (χ1v) is 6.52. The van der Waals surface area contributed by atoms with Crippen molar-refractivity contribution in [2.45, 2.75) is 53.4 Å². The highest BCUT2D eigenvalue weighted by molar-refractivity contribution is 5.86. The molecule has 0 fully saturated rings. The van der Waals surface area contributed by atoms with E-state index >= 15 is 0 Å². The quantitative estimate of drug-likeness (QED) is 0.358. The first-order valence-electron chi connectivity index (χ1n) is 6.52. The predicted octanol–water partition coefficient (Wildman–Crippen LogP) is 4.27. The van der Waals surface area contributed by atoms with Gasteiger partial charge >= 0.3 is 5.97 Å². The third-order valence-corrected chi connectivity index (χ3v) is 2.94. The fourth-order valence-electron chi connectivity index (χ4n) is 1.71. The van der Waals surface area contributed by atoms with E-state index in [4.69, 9.17) is 4.74 Å². The van der Waals surface area contributed by atoms with Crippen molar-refractivity contribution >= 4 is 5.97 Å². The minimum atomic E-state index is -0.282. The lowest BCUT2D eigenvalue weighted by molar-refractivity contribution is -0.139. The molecular formula is C15H26O2. The van der Waals surface area contributed by atoms with Gasteiger partial charge in [-0.1, -0.05) is 38.5 Å². The molecule has 0 aliphatic carbocycles. The van der Waals surface area contributed by atoms with Gasteiger partial charge in [0.05, 0.1) is 6.61 Å². The average Bonchev–Trinajstić information content (AvgIpc) is 2.31. The van der Waals surface area contributed by atoms with Crippen molar-refractivity contribution in [2.75, 3.05) is 6.61 Å². The smallest absolute Gasteiger partial charge is 0.333 e. The fraction of sp³-hybridized carbons (Fsp3) is 0.667. The molecule has 1 unspecified atom stereocenters. The molecule has 0 saturated heterocycles. The summed E-state index contributed by atoms with van der Waals surface area (Å²) in [5.74, 6) is 0.245. The molecule has 0 N–H and O–H groups in total. The van der Waals surface area contributed by atoms with Crippen molar-refractivity contribution in [3.05, 3.63) is 23.8 Å². The SMILES string of the molecule is C=C(C)C(=O)OCCC(CC)/C(C)=C\CCC. The van der Waals surface area contributed by atoms with E-state index in [1.807, 2.05) is 0 Å². The minimum absolute atomic E-state index is 0.282. The highest BCUT2D eigenvalue weighted by Crippen LogP contribution is 2.19. The Morgan fingerprint density at radius 2 is 2.00 bits per heavy atom. The van der Waals surface area contributed by atoms with Crippen LogP contribution >= 0.6 is 0 Å². The van der Waals surface area contributed by atoms with Crippen molar-refractivity contribution < 1.29 is 9.53 Å². The van der Waals surface area contributed by atoms with Gasteiger partial charge in [-0.2, -0.15) is 0 Å². The normalized spacial score (nSPS) is 13.3. The molecule has 0 spiro atoms. The van der Waals surface area contributed by atoms with Crippen LogP contribution in [0.25, 0.3) is 0 Å². The summed E-state index contributed by atoms with van der Waals surface area (Å²) in [6, 6.07) is 0. The van der Waals surface area contributed by atoms with E-state index in [1.54, 1.807) is 6.92 Å². The zero-order valence-corrected chi connectivity index (χ0v) is 11.7. The summed E-state index contributed by atoms with van der Waals surface area (Å²) in [4.78, 5) is 11.2. The topological polar surface area (TPSA) is 26.3 Å². The van der Waals surface area contributed by atoms with Crippen LogP contribution in [0.3, 0.4) is 0 Å². The highest BCUT2D eigenvalue weighted by atomic mass is 16.5. The van der Waals surface area contributed by atoms with Crippen molar-refractivity contribution in [1.29, 1.82) is 0 Å². The Morgan fingerprint density at radius 1 is 1.35 bits per heavy atom. The van der Waals surface area contributed by atoms with Crippen molar-refractivity contribution in [3.8, 4) is 0 Å². The van der Waals surface area contributed by atoms with E-state index in [2.05, 4.69) is 33.4 Å². The Kier molecular flexibility index (Phi) is 8.47. The molecule has 17 heavy (non-hydrogen) atoms. The fourth-order valence-corrected chi connectivity index (χ4v) is 1.71. The number of esters is 1. The van der Waals surface area contributed by atoms with Crippen LogP contribution in [0.4, 0.5) is 0 Å². The molecule has 2 nitrogen and oxygen atoms in total. The Balaban J connectivity index is 4.06. The number of ether oxygens (including phenoxy) is 1. The lowest BCUT2D eigenvalue weighted by atomic mass is 9.93. The van der Waals surface area contributed by atoms with Crippen molar-refractivity contribution in [3.63, 3.8) is 0 Å². The van der Waals surface area contributed by atoms with Gasteiger partial charge in [0.15, 0.2) is 0 Å². The van der Waals surface area contributed by atoms with Crippen LogP contribution in [0.5, 0.6) is 0 Å². The molecule has 0 aliphatic rings. The molecule has 0 rings (SSSR count). The Hall–Kier alpha value is -1.05. The number of hydrogen-bond acceptors (Lipinski definition) is 2. The molecule has 0 aromatic carbocycles.